The van der Waals surface area contributed by atoms with E-state index in [9.17, 15) is 19.2 Å². The van der Waals surface area contributed by atoms with E-state index in [0.29, 0.717) is 0 Å². The van der Waals surface area contributed by atoms with Crippen LogP contribution in [-0.4, -0.2) is 38.1 Å². The van der Waals surface area contributed by atoms with Crippen LogP contribution in [0.5, 0.6) is 0 Å². The van der Waals surface area contributed by atoms with E-state index in [1.807, 2.05) is 0 Å². The summed E-state index contributed by atoms with van der Waals surface area (Å²) in [5.41, 5.74) is -1.36. The van der Waals surface area contributed by atoms with Crippen LogP contribution in [0.25, 0.3) is 0 Å². The standard InChI is InChI=1S/C10H10O7/c1-5(7(11)15-3)9(13)17-10(14)6(2)8(12)16-4/h1-2H2,3-4H3. The predicted octanol–water partition coefficient (Wildman–Crippen LogP) is -0.485. The van der Waals surface area contributed by atoms with E-state index < -0.39 is 35.0 Å². The van der Waals surface area contributed by atoms with Gasteiger partial charge < -0.3 is 14.2 Å². The zero-order chi connectivity index (χ0) is 13.6. The second-order valence-electron chi connectivity index (χ2n) is 2.62. The molecule has 0 N–H and O–H groups in total. The number of carbonyl (C=O) groups is 4. The maximum absolute atomic E-state index is 11.1. The minimum atomic E-state index is -1.33. The summed E-state index contributed by atoms with van der Waals surface area (Å²) in [6.07, 6.45) is 0. The van der Waals surface area contributed by atoms with Crippen molar-refractivity contribution in [2.75, 3.05) is 14.2 Å². The van der Waals surface area contributed by atoms with Gasteiger partial charge in [-0.05, 0) is 0 Å². The first-order valence-electron chi connectivity index (χ1n) is 4.16. The Labute approximate surface area is 96.6 Å². The van der Waals surface area contributed by atoms with E-state index in [-0.39, 0.29) is 0 Å². The molecule has 0 saturated carbocycles. The first-order chi connectivity index (χ1) is 7.84. The highest BCUT2D eigenvalue weighted by Gasteiger charge is 2.25. The number of esters is 4. The first kappa shape index (κ1) is 14.6. The highest BCUT2D eigenvalue weighted by Crippen LogP contribution is 2.03. The minimum absolute atomic E-state index is 0.682. The van der Waals surface area contributed by atoms with Gasteiger partial charge in [-0.1, -0.05) is 13.2 Å². The largest absolute Gasteiger partial charge is 0.465 e. The van der Waals surface area contributed by atoms with Crippen LogP contribution in [0.4, 0.5) is 0 Å². The second kappa shape index (κ2) is 6.21. The average molecular weight is 242 g/mol. The zero-order valence-corrected chi connectivity index (χ0v) is 9.27. The first-order valence-corrected chi connectivity index (χ1v) is 4.16. The van der Waals surface area contributed by atoms with Crippen molar-refractivity contribution in [3.05, 3.63) is 24.3 Å². The average Bonchev–Trinajstić information content (AvgIpc) is 2.34. The van der Waals surface area contributed by atoms with Crippen LogP contribution < -0.4 is 0 Å². The molecule has 0 unspecified atom stereocenters. The molecule has 0 aromatic carbocycles. The highest BCUT2D eigenvalue weighted by molar-refractivity contribution is 6.20. The summed E-state index contributed by atoms with van der Waals surface area (Å²) in [6, 6.07) is 0. The van der Waals surface area contributed by atoms with Gasteiger partial charge >= 0.3 is 23.9 Å². The number of hydrogen-bond donors (Lipinski definition) is 0. The lowest BCUT2D eigenvalue weighted by Gasteiger charge is -2.04. The molecule has 0 aliphatic heterocycles. The Kier molecular flexibility index (Phi) is 5.32. The molecule has 0 aromatic heterocycles. The van der Waals surface area contributed by atoms with Gasteiger partial charge in [-0.2, -0.15) is 0 Å². The van der Waals surface area contributed by atoms with Gasteiger partial charge in [0.2, 0.25) is 0 Å². The van der Waals surface area contributed by atoms with Crippen LogP contribution in [0.15, 0.2) is 24.3 Å². The molecule has 0 fully saturated rings. The third-order valence-corrected chi connectivity index (χ3v) is 1.54. The maximum Gasteiger partial charge on any atom is 0.352 e. The summed E-state index contributed by atoms with van der Waals surface area (Å²) in [5.74, 6) is -4.75. The van der Waals surface area contributed by atoms with Gasteiger partial charge in [-0.3, -0.25) is 0 Å². The molecule has 0 bridgehead atoms. The fraction of sp³-hybridized carbons (Fsp3) is 0.200. The highest BCUT2D eigenvalue weighted by atomic mass is 16.6. The lowest BCUT2D eigenvalue weighted by Crippen LogP contribution is -2.23. The molecule has 0 aromatic rings. The van der Waals surface area contributed by atoms with Crippen LogP contribution in [0.2, 0.25) is 0 Å². The topological polar surface area (TPSA) is 96.0 Å². The third-order valence-electron chi connectivity index (χ3n) is 1.54. The Morgan fingerprint density at radius 3 is 1.24 bits per heavy atom. The Morgan fingerprint density at radius 2 is 1.00 bits per heavy atom. The molecule has 0 radical (unpaired) electrons. The number of ether oxygens (including phenoxy) is 3. The zero-order valence-electron chi connectivity index (χ0n) is 9.27. The molecule has 0 aliphatic rings. The lowest BCUT2D eigenvalue weighted by molar-refractivity contribution is -0.156. The van der Waals surface area contributed by atoms with Crippen LogP contribution in [0.3, 0.4) is 0 Å². The number of carbonyl (C=O) groups excluding carboxylic acids is 4. The molecule has 0 aliphatic carbocycles. The van der Waals surface area contributed by atoms with E-state index in [1.165, 1.54) is 0 Å². The molecule has 0 saturated heterocycles. The summed E-state index contributed by atoms with van der Waals surface area (Å²) in [6.45, 7) is 6.11. The number of hydrogen-bond acceptors (Lipinski definition) is 7. The van der Waals surface area contributed by atoms with Crippen molar-refractivity contribution in [1.82, 2.24) is 0 Å². The van der Waals surface area contributed by atoms with Gasteiger partial charge in [0.1, 0.15) is 11.1 Å². The van der Waals surface area contributed by atoms with Gasteiger partial charge in [0.25, 0.3) is 0 Å². The third kappa shape index (κ3) is 3.90. The molecular weight excluding hydrogens is 232 g/mol. The molecule has 0 atom stereocenters. The van der Waals surface area contributed by atoms with Gasteiger partial charge in [0.15, 0.2) is 0 Å². The monoisotopic (exact) mass is 242 g/mol. The van der Waals surface area contributed by atoms with Crippen LogP contribution >= 0.6 is 0 Å². The van der Waals surface area contributed by atoms with Gasteiger partial charge in [0, 0.05) is 0 Å². The Hall–Kier alpha value is -2.44. The summed E-state index contributed by atoms with van der Waals surface area (Å²) >= 11 is 0. The SMILES string of the molecule is C=C(C(=O)OC)C(=O)OC(=O)C(=C)C(=O)OC. The van der Waals surface area contributed by atoms with Crippen molar-refractivity contribution >= 4 is 23.9 Å². The van der Waals surface area contributed by atoms with E-state index in [1.54, 1.807) is 0 Å². The lowest BCUT2D eigenvalue weighted by atomic mass is 10.3. The van der Waals surface area contributed by atoms with Gasteiger partial charge in [-0.15, -0.1) is 0 Å². The molecular formula is C10H10O7. The van der Waals surface area contributed by atoms with Gasteiger partial charge in [-0.25, -0.2) is 19.2 Å². The van der Waals surface area contributed by atoms with Gasteiger partial charge in [0.05, 0.1) is 14.2 Å². The molecule has 0 heterocycles. The van der Waals surface area contributed by atoms with E-state index >= 15 is 0 Å². The number of rotatable bonds is 4. The van der Waals surface area contributed by atoms with Crippen molar-refractivity contribution in [1.29, 1.82) is 0 Å². The summed E-state index contributed by atoms with van der Waals surface area (Å²) in [4.78, 5) is 44.0. The van der Waals surface area contributed by atoms with Crippen molar-refractivity contribution in [3.63, 3.8) is 0 Å². The van der Waals surface area contributed by atoms with Crippen LogP contribution in [0.1, 0.15) is 0 Å². The fourth-order valence-corrected chi connectivity index (χ4v) is 0.620. The maximum atomic E-state index is 11.1. The molecule has 17 heavy (non-hydrogen) atoms. The molecule has 0 rings (SSSR count). The van der Waals surface area contributed by atoms with E-state index in [4.69, 9.17) is 0 Å². The summed E-state index contributed by atoms with van der Waals surface area (Å²) in [5, 5.41) is 0. The second-order valence-corrected chi connectivity index (χ2v) is 2.62. The minimum Gasteiger partial charge on any atom is -0.465 e. The molecule has 92 valence electrons. The van der Waals surface area contributed by atoms with Crippen molar-refractivity contribution in [3.8, 4) is 0 Å². The molecule has 0 spiro atoms. The Morgan fingerprint density at radius 1 is 0.706 bits per heavy atom. The van der Waals surface area contributed by atoms with E-state index in [2.05, 4.69) is 27.4 Å². The fourth-order valence-electron chi connectivity index (χ4n) is 0.620. The van der Waals surface area contributed by atoms with E-state index in [0.717, 1.165) is 14.2 Å². The molecule has 7 nitrogen and oxygen atoms in total. The summed E-state index contributed by atoms with van der Waals surface area (Å²) < 4.78 is 12.5. The van der Waals surface area contributed by atoms with Crippen molar-refractivity contribution in [2.45, 2.75) is 0 Å². The summed E-state index contributed by atoms with van der Waals surface area (Å²) in [7, 11) is 2.05. The molecule has 0 amide bonds. The van der Waals surface area contributed by atoms with Crippen LogP contribution in [0, 0.1) is 0 Å². The number of methoxy groups -OCH3 is 2. The van der Waals surface area contributed by atoms with Crippen LogP contribution in [-0.2, 0) is 33.4 Å². The Balaban J connectivity index is 4.56. The molecule has 7 heteroatoms. The Bertz CT molecular complexity index is 367. The quantitative estimate of drug-likeness (QED) is 0.216. The van der Waals surface area contributed by atoms with Crippen molar-refractivity contribution in [2.24, 2.45) is 0 Å². The normalized spacial score (nSPS) is 8.82. The predicted molar refractivity (Wildman–Crippen MR) is 53.4 cm³/mol. The van der Waals surface area contributed by atoms with Crippen molar-refractivity contribution < 1.29 is 33.4 Å². The smallest absolute Gasteiger partial charge is 0.352 e.